The lowest BCUT2D eigenvalue weighted by Gasteiger charge is -2.29. The van der Waals surface area contributed by atoms with Gasteiger partial charge in [0, 0.05) is 76.5 Å². The summed E-state index contributed by atoms with van der Waals surface area (Å²) in [6.45, 7) is 8.87. The maximum Gasteiger partial charge on any atom is 0.104 e. The summed E-state index contributed by atoms with van der Waals surface area (Å²) in [7, 11) is 0. The Hall–Kier alpha value is -9.74. The zero-order chi connectivity index (χ0) is 51.4. The minimum Gasteiger partial charge on any atom is -0.306 e. The second-order valence-electron chi connectivity index (χ2n) is 20.7. The quantitative estimate of drug-likeness (QED) is 0.172. The van der Waals surface area contributed by atoms with Gasteiger partial charge in [-0.3, -0.25) is 4.98 Å². The normalized spacial score (nSPS) is 12.1. The van der Waals surface area contributed by atoms with Crippen molar-refractivity contribution in [2.75, 3.05) is 0 Å². The molecule has 16 rings (SSSR count). The van der Waals surface area contributed by atoms with Crippen LogP contribution in [0.5, 0.6) is 0 Å². The van der Waals surface area contributed by atoms with Crippen LogP contribution >= 0.6 is 11.3 Å². The van der Waals surface area contributed by atoms with Gasteiger partial charge in [-0.1, -0.05) is 133 Å². The fourth-order valence-electron chi connectivity index (χ4n) is 13.5. The second kappa shape index (κ2) is 16.1. The van der Waals surface area contributed by atoms with Crippen LogP contribution in [0.15, 0.2) is 207 Å². The molecule has 0 amide bonds. The smallest absolute Gasteiger partial charge is 0.104 e. The summed E-state index contributed by atoms with van der Waals surface area (Å²) in [6, 6.07) is 74.1. The number of aryl methyl sites for hydroxylation is 4. The van der Waals surface area contributed by atoms with E-state index in [2.05, 4.69) is 251 Å². The van der Waals surface area contributed by atoms with Gasteiger partial charge in [0.05, 0.1) is 71.6 Å². The number of pyridine rings is 1. The lowest BCUT2D eigenvalue weighted by Crippen LogP contribution is -2.16. The van der Waals surface area contributed by atoms with Gasteiger partial charge in [0.15, 0.2) is 0 Å². The minimum atomic E-state index is 0.554. The highest BCUT2D eigenvalue weighted by Gasteiger charge is 2.35. The molecule has 0 N–H and O–H groups in total. The minimum absolute atomic E-state index is 0.554. The molecule has 362 valence electrons. The fraction of sp³-hybridized carbons (Fsp3) is 0.0571. The van der Waals surface area contributed by atoms with Crippen LogP contribution in [0.4, 0.5) is 0 Å². The second-order valence-corrected chi connectivity index (χ2v) is 21.8. The van der Waals surface area contributed by atoms with Crippen LogP contribution in [0, 0.1) is 39.0 Å². The van der Waals surface area contributed by atoms with Crippen LogP contribution in [0.2, 0.25) is 0 Å². The van der Waals surface area contributed by atoms with Crippen LogP contribution in [-0.4, -0.2) is 23.3 Å². The summed E-state index contributed by atoms with van der Waals surface area (Å²) in [6.07, 6.45) is 3.89. The first-order chi connectivity index (χ1) is 37.9. The summed E-state index contributed by atoms with van der Waals surface area (Å²) in [4.78, 5) is 4.59. The number of aromatic nitrogens is 5. The Morgan fingerprint density at radius 3 is 1.13 bits per heavy atom. The summed E-state index contributed by atoms with van der Waals surface area (Å²) in [5.74, 6) is 0. The van der Waals surface area contributed by atoms with E-state index in [1.165, 1.54) is 43.8 Å². The number of hydrogen-bond donors (Lipinski definition) is 0. The van der Waals surface area contributed by atoms with Crippen LogP contribution in [0.3, 0.4) is 0 Å². The number of para-hydroxylation sites is 4. The summed E-state index contributed by atoms with van der Waals surface area (Å²) >= 11 is 1.77. The maximum atomic E-state index is 13.0. The summed E-state index contributed by atoms with van der Waals surface area (Å²) in [5.41, 5.74) is 19.1. The van der Waals surface area contributed by atoms with Gasteiger partial charge in [-0.2, -0.15) is 5.26 Å². The lowest BCUT2D eigenvalue weighted by atomic mass is 9.93. The predicted molar refractivity (Wildman–Crippen MR) is 324 cm³/mol. The molecule has 0 aliphatic rings. The monoisotopic (exact) mass is 1000 g/mol. The number of benzene rings is 10. The molecule has 0 bridgehead atoms. The molecule has 6 aromatic heterocycles. The zero-order valence-electron chi connectivity index (χ0n) is 42.7. The lowest BCUT2D eigenvalue weighted by molar-refractivity contribution is 1.04. The van der Waals surface area contributed by atoms with Crippen molar-refractivity contribution < 1.29 is 0 Å². The Kier molecular flexibility index (Phi) is 9.14. The van der Waals surface area contributed by atoms with Crippen molar-refractivity contribution in [2.24, 2.45) is 0 Å². The van der Waals surface area contributed by atoms with Gasteiger partial charge in [-0.05, 0) is 116 Å². The molecule has 0 saturated carbocycles. The first kappa shape index (κ1) is 43.6. The SMILES string of the molecule is Cc1cccc2c1c1ccccc1n2-c1c(C#N)c(-n2c3ccccc3c3c(C)cccc32)c(-n2c3ccccc3c3c(C)cccc32)c(-c2ccc3c(c2)sc2cnccc23)c1-n1c2ccccc2c2c(C)cccc21. The van der Waals surface area contributed by atoms with Crippen LogP contribution < -0.4 is 0 Å². The molecule has 10 aromatic carbocycles. The fourth-order valence-corrected chi connectivity index (χ4v) is 14.6. The third-order valence-corrected chi connectivity index (χ3v) is 17.7. The van der Waals surface area contributed by atoms with E-state index in [0.29, 0.717) is 5.56 Å². The predicted octanol–water partition coefficient (Wildman–Crippen LogP) is 18.6. The first-order valence-electron chi connectivity index (χ1n) is 26.3. The van der Waals surface area contributed by atoms with Gasteiger partial charge in [0.25, 0.3) is 0 Å². The van der Waals surface area contributed by atoms with Crippen molar-refractivity contribution in [3.05, 3.63) is 234 Å². The third-order valence-electron chi connectivity index (χ3n) is 16.6. The van der Waals surface area contributed by atoms with Gasteiger partial charge in [0.1, 0.15) is 11.6 Å². The number of nitrogens with zero attached hydrogens (tertiary/aromatic N) is 6. The van der Waals surface area contributed by atoms with E-state index in [4.69, 9.17) is 0 Å². The average Bonchev–Trinajstić information content (AvgIpc) is 4.18. The molecule has 0 fully saturated rings. The maximum absolute atomic E-state index is 13.0. The average molecular weight is 1000 g/mol. The van der Waals surface area contributed by atoms with Crippen molar-refractivity contribution in [1.82, 2.24) is 23.3 Å². The topological polar surface area (TPSA) is 56.4 Å². The molecular weight excluding hydrogens is 957 g/mol. The van der Waals surface area contributed by atoms with Crippen molar-refractivity contribution in [3.63, 3.8) is 0 Å². The molecule has 7 heteroatoms. The van der Waals surface area contributed by atoms with E-state index in [9.17, 15) is 5.26 Å². The summed E-state index contributed by atoms with van der Waals surface area (Å²) < 4.78 is 12.2. The molecule has 6 heterocycles. The molecule has 0 atom stereocenters. The Labute approximate surface area is 446 Å². The number of nitriles is 1. The van der Waals surface area contributed by atoms with E-state index in [-0.39, 0.29) is 0 Å². The molecule has 0 spiro atoms. The van der Waals surface area contributed by atoms with Gasteiger partial charge in [-0.15, -0.1) is 11.3 Å². The number of fused-ring (bicyclic) bond motifs is 15. The van der Waals surface area contributed by atoms with Crippen LogP contribution in [0.25, 0.3) is 141 Å². The van der Waals surface area contributed by atoms with Gasteiger partial charge in [0.2, 0.25) is 0 Å². The van der Waals surface area contributed by atoms with Crippen LogP contribution in [-0.2, 0) is 0 Å². The van der Waals surface area contributed by atoms with Gasteiger partial charge < -0.3 is 18.3 Å². The molecule has 6 nitrogen and oxygen atoms in total. The molecule has 0 saturated heterocycles. The number of hydrogen-bond acceptors (Lipinski definition) is 3. The summed E-state index contributed by atoms with van der Waals surface area (Å²) in [5, 5.41) is 24.6. The molecule has 0 aliphatic heterocycles. The van der Waals surface area contributed by atoms with Gasteiger partial charge in [-0.25, -0.2) is 0 Å². The number of thiophene rings is 1. The van der Waals surface area contributed by atoms with E-state index >= 15 is 0 Å². The Balaban J connectivity index is 1.28. The van der Waals surface area contributed by atoms with Crippen molar-refractivity contribution in [2.45, 2.75) is 27.7 Å². The molecule has 0 aliphatic carbocycles. The van der Waals surface area contributed by atoms with Crippen LogP contribution in [0.1, 0.15) is 27.8 Å². The first-order valence-corrected chi connectivity index (χ1v) is 27.1. The highest BCUT2D eigenvalue weighted by atomic mass is 32.1. The molecular formula is C70H46N6S. The Bertz CT molecular complexity index is 5030. The Morgan fingerprint density at radius 2 is 0.727 bits per heavy atom. The standard InChI is InChI=1S/C70H46N6S/c1-40-17-13-29-56-62(40)47-21-5-9-25-52(47)73(56)67-51(38-71)68(74-53-26-10-6-22-48(53)63-41(2)18-14-30-57(63)74)70(76-55-28-12-8-24-50(55)65-43(4)20-16-32-59(65)76)66(44-33-34-45-46-35-36-72-39-61(46)77-60(45)37-44)69(67)75-54-27-11-7-23-49(54)64-42(3)19-15-31-58(64)75/h5-37,39H,1-4H3. The van der Waals surface area contributed by atoms with Gasteiger partial charge >= 0.3 is 0 Å². The molecule has 16 aromatic rings. The van der Waals surface area contributed by atoms with Crippen molar-refractivity contribution in [3.8, 4) is 39.9 Å². The van der Waals surface area contributed by atoms with E-state index in [1.54, 1.807) is 11.3 Å². The molecule has 0 unspecified atom stereocenters. The van der Waals surface area contributed by atoms with Crippen molar-refractivity contribution in [1.29, 1.82) is 5.26 Å². The molecule has 0 radical (unpaired) electrons. The molecule has 77 heavy (non-hydrogen) atoms. The largest absolute Gasteiger partial charge is 0.306 e. The zero-order valence-corrected chi connectivity index (χ0v) is 43.5. The van der Waals surface area contributed by atoms with E-state index < -0.39 is 0 Å². The van der Waals surface area contributed by atoms with E-state index in [0.717, 1.165) is 120 Å². The highest BCUT2D eigenvalue weighted by Crippen LogP contribution is 2.53. The number of rotatable bonds is 5. The third kappa shape index (κ3) is 5.85. The van der Waals surface area contributed by atoms with Crippen molar-refractivity contribution >= 4 is 119 Å². The van der Waals surface area contributed by atoms with E-state index in [1.807, 2.05) is 12.4 Å². The highest BCUT2D eigenvalue weighted by molar-refractivity contribution is 7.25. The Morgan fingerprint density at radius 1 is 0.364 bits per heavy atom.